The molecule has 0 unspecified atom stereocenters. The van der Waals surface area contributed by atoms with Gasteiger partial charge < -0.3 is 13.9 Å². The van der Waals surface area contributed by atoms with E-state index in [4.69, 9.17) is 9.31 Å². The first-order valence-electron chi connectivity index (χ1n) is 18.4. The van der Waals surface area contributed by atoms with Gasteiger partial charge in [0.1, 0.15) is 0 Å². The normalized spacial score (nSPS) is 16.5. The predicted molar refractivity (Wildman–Crippen MR) is 219 cm³/mol. The monoisotopic (exact) mass is 675 g/mol. The third-order valence-electron chi connectivity index (χ3n) is 11.3. The molecule has 2 heterocycles. The molecule has 3 nitrogen and oxygen atoms in total. The van der Waals surface area contributed by atoms with E-state index in [1.165, 1.54) is 60.8 Å². The highest BCUT2D eigenvalue weighted by Gasteiger charge is 2.51. The van der Waals surface area contributed by atoms with Gasteiger partial charge in [0, 0.05) is 22.0 Å². The lowest BCUT2D eigenvalue weighted by Crippen LogP contribution is -2.41. The topological polar surface area (TPSA) is 23.4 Å². The van der Waals surface area contributed by atoms with Crippen molar-refractivity contribution in [3.05, 3.63) is 163 Å². The molecule has 1 aromatic heterocycles. The molecule has 0 saturated carbocycles. The molecular weight excluding hydrogens is 633 g/mol. The zero-order valence-electron chi connectivity index (χ0n) is 30.3. The highest BCUT2D eigenvalue weighted by atomic mass is 16.7. The summed E-state index contributed by atoms with van der Waals surface area (Å²) in [6, 6.07) is 50.8. The van der Waals surface area contributed by atoms with Crippen molar-refractivity contribution in [2.75, 3.05) is 0 Å². The fraction of sp³-hybridized carbons (Fsp3) is 0.167. The largest absolute Gasteiger partial charge is 0.494 e. The van der Waals surface area contributed by atoms with Crippen LogP contribution in [0.1, 0.15) is 46.1 Å². The van der Waals surface area contributed by atoms with Crippen LogP contribution < -0.4 is 5.46 Å². The minimum absolute atomic E-state index is 0.430. The predicted octanol–water partition coefficient (Wildman–Crippen LogP) is 11.8. The molecule has 1 aliphatic heterocycles. The van der Waals surface area contributed by atoms with Crippen molar-refractivity contribution in [2.45, 2.75) is 51.7 Å². The highest BCUT2D eigenvalue weighted by molar-refractivity contribution is 6.62. The summed E-state index contributed by atoms with van der Waals surface area (Å²) in [5.74, 6) is 0. The van der Waals surface area contributed by atoms with Gasteiger partial charge >= 0.3 is 7.12 Å². The van der Waals surface area contributed by atoms with Gasteiger partial charge in [-0.3, -0.25) is 0 Å². The summed E-state index contributed by atoms with van der Waals surface area (Å²) in [7, 11) is -0.457. The van der Waals surface area contributed by atoms with E-state index in [0.29, 0.717) is 0 Å². The second kappa shape index (κ2) is 12.7. The van der Waals surface area contributed by atoms with E-state index >= 15 is 0 Å². The summed E-state index contributed by atoms with van der Waals surface area (Å²) in [6.45, 7) is 8.47. The molecule has 0 atom stereocenters. The van der Waals surface area contributed by atoms with E-state index in [-0.39, 0.29) is 0 Å². The maximum Gasteiger partial charge on any atom is 0.494 e. The van der Waals surface area contributed by atoms with Crippen molar-refractivity contribution in [3.63, 3.8) is 0 Å². The Morgan fingerprint density at radius 1 is 0.558 bits per heavy atom. The quantitative estimate of drug-likeness (QED) is 0.164. The van der Waals surface area contributed by atoms with E-state index < -0.39 is 18.3 Å². The van der Waals surface area contributed by atoms with Crippen LogP contribution in [0.5, 0.6) is 0 Å². The van der Waals surface area contributed by atoms with Gasteiger partial charge in [-0.05, 0) is 121 Å². The van der Waals surface area contributed by atoms with Crippen LogP contribution in [-0.2, 0) is 9.31 Å². The Balaban J connectivity index is 1.38. The number of nitrogens with zero attached hydrogens (tertiary/aromatic N) is 1. The lowest BCUT2D eigenvalue weighted by atomic mass is 9.78. The van der Waals surface area contributed by atoms with Crippen LogP contribution in [-0.4, -0.2) is 22.9 Å². The zero-order chi connectivity index (χ0) is 35.5. The Labute approximate surface area is 307 Å². The van der Waals surface area contributed by atoms with Crippen molar-refractivity contribution in [3.8, 4) is 39.1 Å². The molecule has 254 valence electrons. The van der Waals surface area contributed by atoms with Gasteiger partial charge in [0.15, 0.2) is 0 Å². The van der Waals surface area contributed by atoms with Crippen molar-refractivity contribution < 1.29 is 9.31 Å². The number of hydrogen-bond acceptors (Lipinski definition) is 2. The molecule has 7 aromatic rings. The summed E-state index contributed by atoms with van der Waals surface area (Å²) in [5, 5.41) is 2.39. The maximum absolute atomic E-state index is 6.60. The van der Waals surface area contributed by atoms with Crippen LogP contribution in [0, 0.1) is 0 Å². The minimum Gasteiger partial charge on any atom is -0.399 e. The molecule has 0 bridgehead atoms. The smallest absolute Gasteiger partial charge is 0.399 e. The van der Waals surface area contributed by atoms with E-state index in [0.717, 1.165) is 29.5 Å². The molecular formula is C48H42BNO2. The van der Waals surface area contributed by atoms with E-state index in [2.05, 4.69) is 190 Å². The van der Waals surface area contributed by atoms with Crippen molar-refractivity contribution in [1.82, 2.24) is 4.57 Å². The number of rotatable bonds is 6. The van der Waals surface area contributed by atoms with Gasteiger partial charge in [0.25, 0.3) is 0 Å². The van der Waals surface area contributed by atoms with Crippen molar-refractivity contribution >= 4 is 40.0 Å². The Morgan fingerprint density at radius 3 is 1.65 bits per heavy atom. The van der Waals surface area contributed by atoms with Crippen molar-refractivity contribution in [1.29, 1.82) is 0 Å². The van der Waals surface area contributed by atoms with Crippen LogP contribution in [0.3, 0.4) is 0 Å². The second-order valence-corrected chi connectivity index (χ2v) is 15.1. The van der Waals surface area contributed by atoms with Crippen LogP contribution in [0.2, 0.25) is 0 Å². The Morgan fingerprint density at radius 2 is 1.12 bits per heavy atom. The van der Waals surface area contributed by atoms with Gasteiger partial charge in [-0.2, -0.15) is 0 Å². The molecule has 0 N–H and O–H groups in total. The maximum atomic E-state index is 6.60. The molecule has 6 aromatic carbocycles. The van der Waals surface area contributed by atoms with Gasteiger partial charge in [-0.15, -0.1) is 0 Å². The minimum atomic E-state index is -0.457. The van der Waals surface area contributed by atoms with Crippen LogP contribution in [0.4, 0.5) is 0 Å². The molecule has 1 aliphatic carbocycles. The standard InChI is InChI=1S/C48H42BNO2/c1-47(2)48(3,4)52-49(51-47)40-25-26-45-43(32-40)44-31-39(35-21-13-7-14-22-35)30-42(36-23-15-8-16-24-36)46(44)50(45)41-28-37(33-17-9-5-10-18-33)27-38(29-41)34-19-11-6-12-20-34/h5-15,17-23,25-32H,16,24H2,1-4H3. The first-order chi connectivity index (χ1) is 25.3. The van der Waals surface area contributed by atoms with Gasteiger partial charge in [-0.1, -0.05) is 121 Å². The van der Waals surface area contributed by atoms with Gasteiger partial charge in [0.2, 0.25) is 0 Å². The third-order valence-corrected chi connectivity index (χ3v) is 11.3. The second-order valence-electron chi connectivity index (χ2n) is 15.1. The van der Waals surface area contributed by atoms with Crippen LogP contribution in [0.15, 0.2) is 158 Å². The van der Waals surface area contributed by atoms with Gasteiger partial charge in [0.05, 0.1) is 22.2 Å². The third kappa shape index (κ3) is 5.64. The van der Waals surface area contributed by atoms with Gasteiger partial charge in [-0.25, -0.2) is 0 Å². The van der Waals surface area contributed by atoms with Crippen LogP contribution in [0.25, 0.3) is 66.4 Å². The summed E-state index contributed by atoms with van der Waals surface area (Å²) >= 11 is 0. The van der Waals surface area contributed by atoms with Crippen LogP contribution >= 0.6 is 0 Å². The Kier molecular flexibility index (Phi) is 7.91. The molecule has 0 amide bonds. The fourth-order valence-corrected chi connectivity index (χ4v) is 7.76. The fourth-order valence-electron chi connectivity index (χ4n) is 7.76. The average Bonchev–Trinajstić information content (AvgIpc) is 3.63. The lowest BCUT2D eigenvalue weighted by molar-refractivity contribution is 0.00578. The van der Waals surface area contributed by atoms with E-state index in [1.807, 2.05) is 0 Å². The van der Waals surface area contributed by atoms with E-state index in [1.54, 1.807) is 0 Å². The Bertz CT molecular complexity index is 2440. The molecule has 0 radical (unpaired) electrons. The molecule has 1 fully saturated rings. The molecule has 52 heavy (non-hydrogen) atoms. The molecule has 2 aliphatic rings. The molecule has 9 rings (SSSR count). The Hall–Kier alpha value is -5.42. The first kappa shape index (κ1) is 32.5. The summed E-state index contributed by atoms with van der Waals surface area (Å²) < 4.78 is 15.7. The average molecular weight is 676 g/mol. The first-order valence-corrected chi connectivity index (χ1v) is 18.4. The number of aromatic nitrogens is 1. The molecule has 0 spiro atoms. The molecule has 1 saturated heterocycles. The zero-order valence-corrected chi connectivity index (χ0v) is 30.3. The lowest BCUT2D eigenvalue weighted by Gasteiger charge is -2.32. The molecule has 4 heteroatoms. The summed E-state index contributed by atoms with van der Waals surface area (Å²) in [6.07, 6.45) is 8.80. The summed E-state index contributed by atoms with van der Waals surface area (Å²) in [5.41, 5.74) is 13.4. The number of benzene rings is 6. The summed E-state index contributed by atoms with van der Waals surface area (Å²) in [4.78, 5) is 0. The number of allylic oxidation sites excluding steroid dienone is 4. The number of hydrogen-bond donors (Lipinski definition) is 0. The highest BCUT2D eigenvalue weighted by Crippen LogP contribution is 2.43. The SMILES string of the molecule is CC1(C)OB(c2ccc3c(c2)c2cc(-c4ccccc4)cc(C4=CC=CCC4)c2n3-c2cc(-c3ccccc3)cc(-c3ccccc3)c2)OC1(C)C. The number of fused-ring (bicyclic) bond motifs is 3. The van der Waals surface area contributed by atoms with Crippen molar-refractivity contribution in [2.24, 2.45) is 0 Å². The van der Waals surface area contributed by atoms with E-state index in [9.17, 15) is 0 Å².